The van der Waals surface area contributed by atoms with Crippen LogP contribution in [0.25, 0.3) is 0 Å². The molecule has 1 saturated heterocycles. The first-order valence-electron chi connectivity index (χ1n) is 8.34. The number of sulfonamides is 1. The molecule has 26 heavy (non-hydrogen) atoms. The Morgan fingerprint density at radius 3 is 2.69 bits per heavy atom. The summed E-state index contributed by atoms with van der Waals surface area (Å²) >= 11 is 0. The molecule has 6 nitrogen and oxygen atoms in total. The van der Waals surface area contributed by atoms with Crippen LogP contribution in [0, 0.1) is 13.8 Å². The molecule has 0 unspecified atom stereocenters. The van der Waals surface area contributed by atoms with Gasteiger partial charge < -0.3 is 9.32 Å². The van der Waals surface area contributed by atoms with Gasteiger partial charge in [0.1, 0.15) is 11.9 Å². The number of nitrogens with one attached hydrogen (secondary N) is 1. The van der Waals surface area contributed by atoms with Crippen molar-refractivity contribution in [3.05, 3.63) is 53.5 Å². The first-order chi connectivity index (χ1) is 12.3. The number of alkyl halides is 1. The monoisotopic (exact) mass is 380 g/mol. The average molecular weight is 380 g/mol. The lowest BCUT2D eigenvalue weighted by atomic mass is 10.2. The van der Waals surface area contributed by atoms with Gasteiger partial charge in [-0.15, -0.1) is 0 Å². The van der Waals surface area contributed by atoms with Crippen LogP contribution in [0.2, 0.25) is 0 Å². The highest BCUT2D eigenvalue weighted by Gasteiger charge is 2.37. The average Bonchev–Trinajstić information content (AvgIpc) is 3.18. The van der Waals surface area contributed by atoms with Crippen LogP contribution in [0.3, 0.4) is 0 Å². The van der Waals surface area contributed by atoms with Gasteiger partial charge in [-0.2, -0.15) is 0 Å². The minimum Gasteiger partial charge on any atom is -0.469 e. The molecule has 3 rings (SSSR count). The van der Waals surface area contributed by atoms with E-state index in [1.165, 1.54) is 23.3 Å². The van der Waals surface area contributed by atoms with Crippen molar-refractivity contribution in [3.8, 4) is 0 Å². The number of halogens is 1. The second kappa shape index (κ2) is 7.20. The molecule has 8 heteroatoms. The maximum Gasteiger partial charge on any atom is 0.257 e. The van der Waals surface area contributed by atoms with E-state index in [4.69, 9.17) is 4.42 Å². The Morgan fingerprint density at radius 1 is 1.31 bits per heavy atom. The Hall–Kier alpha value is -2.19. The van der Waals surface area contributed by atoms with Crippen molar-refractivity contribution in [2.75, 3.05) is 13.1 Å². The van der Waals surface area contributed by atoms with Gasteiger partial charge >= 0.3 is 0 Å². The van der Waals surface area contributed by atoms with E-state index in [1.54, 1.807) is 32.0 Å². The molecule has 1 aliphatic heterocycles. The molecular formula is C18H21FN2O4S. The van der Waals surface area contributed by atoms with Crippen LogP contribution in [0.5, 0.6) is 0 Å². The predicted molar refractivity (Wildman–Crippen MR) is 94.2 cm³/mol. The summed E-state index contributed by atoms with van der Waals surface area (Å²) in [5.41, 5.74) is 0.989. The van der Waals surface area contributed by atoms with Gasteiger partial charge in [0.15, 0.2) is 0 Å². The molecule has 0 spiro atoms. The minimum absolute atomic E-state index is 0.0419. The second-order valence-corrected chi connectivity index (χ2v) is 8.19. The Labute approximate surface area is 152 Å². The molecule has 0 saturated carbocycles. The molecule has 1 N–H and O–H groups in total. The Balaban J connectivity index is 1.75. The summed E-state index contributed by atoms with van der Waals surface area (Å²) in [6, 6.07) is 7.61. The van der Waals surface area contributed by atoms with Gasteiger partial charge in [-0.3, -0.25) is 4.79 Å². The zero-order valence-electron chi connectivity index (χ0n) is 14.6. The van der Waals surface area contributed by atoms with Crippen molar-refractivity contribution in [2.24, 2.45) is 0 Å². The van der Waals surface area contributed by atoms with Crippen LogP contribution in [-0.4, -0.2) is 44.5 Å². The molecule has 1 amide bonds. The first kappa shape index (κ1) is 18.6. The normalized spacial score (nSPS) is 20.5. The number of benzene rings is 1. The molecular weight excluding hydrogens is 359 g/mol. The van der Waals surface area contributed by atoms with E-state index in [2.05, 4.69) is 4.72 Å². The lowest BCUT2D eigenvalue weighted by Crippen LogP contribution is -2.43. The lowest BCUT2D eigenvalue weighted by Gasteiger charge is -2.24. The molecule has 1 aliphatic rings. The number of hydrogen-bond donors (Lipinski definition) is 1. The summed E-state index contributed by atoms with van der Waals surface area (Å²) in [6.45, 7) is 3.27. The van der Waals surface area contributed by atoms with Crippen molar-refractivity contribution in [3.63, 3.8) is 0 Å². The summed E-state index contributed by atoms with van der Waals surface area (Å²) in [7, 11) is -3.74. The lowest BCUT2D eigenvalue weighted by molar-refractivity contribution is 0.0729. The highest BCUT2D eigenvalue weighted by molar-refractivity contribution is 7.89. The summed E-state index contributed by atoms with van der Waals surface area (Å²) in [5.74, 6) is 0.105. The standard InChI is InChI=1S/C18H21FN2O4S/c1-12-5-3-4-6-17(12)26(23,24)20-10-15-9-14(19)11-21(15)18(22)16-7-8-25-13(16)2/h3-8,14-15,20H,9-11H2,1-2H3/t14-,15-/m0/s1. The maximum absolute atomic E-state index is 13.9. The van der Waals surface area contributed by atoms with Crippen molar-refractivity contribution < 1.29 is 22.0 Å². The largest absolute Gasteiger partial charge is 0.469 e. The molecule has 2 heterocycles. The van der Waals surface area contributed by atoms with E-state index >= 15 is 0 Å². The molecule has 0 bridgehead atoms. The molecule has 2 aromatic rings. The quantitative estimate of drug-likeness (QED) is 0.864. The molecule has 0 radical (unpaired) electrons. The number of carbonyl (C=O) groups is 1. The van der Waals surface area contributed by atoms with Crippen molar-refractivity contribution in [2.45, 2.75) is 37.4 Å². The Bertz CT molecular complexity index is 909. The van der Waals surface area contributed by atoms with Crippen LogP contribution in [0.15, 0.2) is 45.9 Å². The maximum atomic E-state index is 13.9. The molecule has 1 aromatic heterocycles. The summed E-state index contributed by atoms with van der Waals surface area (Å²) in [6.07, 6.45) is 0.319. The predicted octanol–water partition coefficient (Wildman–Crippen LogP) is 2.43. The number of amides is 1. The van der Waals surface area contributed by atoms with Gasteiger partial charge in [0, 0.05) is 19.0 Å². The van der Waals surface area contributed by atoms with Crippen LogP contribution in [-0.2, 0) is 10.0 Å². The van der Waals surface area contributed by atoms with Gasteiger partial charge in [0.2, 0.25) is 10.0 Å². The number of aryl methyl sites for hydroxylation is 2. The van der Waals surface area contributed by atoms with Crippen LogP contribution in [0.1, 0.15) is 28.1 Å². The molecule has 140 valence electrons. The zero-order valence-corrected chi connectivity index (χ0v) is 15.4. The topological polar surface area (TPSA) is 79.6 Å². The molecule has 0 aliphatic carbocycles. The number of carbonyl (C=O) groups excluding carboxylic acids is 1. The van der Waals surface area contributed by atoms with Gasteiger partial charge in [0.05, 0.1) is 23.3 Å². The first-order valence-corrected chi connectivity index (χ1v) is 9.82. The zero-order chi connectivity index (χ0) is 18.9. The third-order valence-electron chi connectivity index (χ3n) is 4.61. The SMILES string of the molecule is Cc1ccccc1S(=O)(=O)NC[C@@H]1C[C@H](F)CN1C(=O)c1ccoc1C. The fourth-order valence-corrected chi connectivity index (χ4v) is 4.52. The van der Waals surface area contributed by atoms with E-state index in [9.17, 15) is 17.6 Å². The summed E-state index contributed by atoms with van der Waals surface area (Å²) in [4.78, 5) is 14.2. The van der Waals surface area contributed by atoms with Gasteiger partial charge in [-0.05, 0) is 31.5 Å². The number of rotatable bonds is 5. The third kappa shape index (κ3) is 3.66. The summed E-state index contributed by atoms with van der Waals surface area (Å²) < 4.78 is 46.6. The second-order valence-electron chi connectivity index (χ2n) is 6.45. The Morgan fingerprint density at radius 2 is 2.04 bits per heavy atom. The highest BCUT2D eigenvalue weighted by Crippen LogP contribution is 2.24. The number of furan rings is 1. The Kier molecular flexibility index (Phi) is 5.15. The summed E-state index contributed by atoms with van der Waals surface area (Å²) in [5, 5.41) is 0. The molecule has 1 aromatic carbocycles. The third-order valence-corrected chi connectivity index (χ3v) is 6.19. The fraction of sp³-hybridized carbons (Fsp3) is 0.389. The fourth-order valence-electron chi connectivity index (χ4n) is 3.20. The number of nitrogens with zero attached hydrogens (tertiary/aromatic N) is 1. The highest BCUT2D eigenvalue weighted by atomic mass is 32.2. The smallest absolute Gasteiger partial charge is 0.257 e. The van der Waals surface area contributed by atoms with E-state index in [0.717, 1.165) is 0 Å². The van der Waals surface area contributed by atoms with E-state index in [1.807, 2.05) is 0 Å². The van der Waals surface area contributed by atoms with Crippen LogP contribution in [0.4, 0.5) is 4.39 Å². The van der Waals surface area contributed by atoms with E-state index in [0.29, 0.717) is 16.9 Å². The minimum atomic E-state index is -3.74. The number of likely N-dealkylation sites (tertiary alicyclic amines) is 1. The van der Waals surface area contributed by atoms with Crippen molar-refractivity contribution >= 4 is 15.9 Å². The van der Waals surface area contributed by atoms with Crippen molar-refractivity contribution in [1.82, 2.24) is 9.62 Å². The van der Waals surface area contributed by atoms with E-state index in [-0.39, 0.29) is 30.3 Å². The number of hydrogen-bond acceptors (Lipinski definition) is 4. The van der Waals surface area contributed by atoms with Gasteiger partial charge in [0.25, 0.3) is 5.91 Å². The molecule has 2 atom stereocenters. The van der Waals surface area contributed by atoms with Gasteiger partial charge in [-0.1, -0.05) is 18.2 Å². The van der Waals surface area contributed by atoms with Crippen LogP contribution >= 0.6 is 0 Å². The molecule has 1 fully saturated rings. The van der Waals surface area contributed by atoms with Crippen LogP contribution < -0.4 is 4.72 Å². The van der Waals surface area contributed by atoms with E-state index < -0.39 is 22.2 Å². The van der Waals surface area contributed by atoms with Crippen molar-refractivity contribution in [1.29, 1.82) is 0 Å². The van der Waals surface area contributed by atoms with Gasteiger partial charge in [-0.25, -0.2) is 17.5 Å².